The van der Waals surface area contributed by atoms with Crippen molar-refractivity contribution in [3.63, 3.8) is 0 Å². The average Bonchev–Trinajstić information content (AvgIpc) is 2.15. The molecule has 0 saturated carbocycles. The minimum atomic E-state index is -0.137. The highest BCUT2D eigenvalue weighted by Gasteiger charge is 2.04. The van der Waals surface area contributed by atoms with Gasteiger partial charge >= 0.3 is 0 Å². The van der Waals surface area contributed by atoms with Crippen LogP contribution in [0.25, 0.3) is 0 Å². The third kappa shape index (κ3) is 4.40. The predicted molar refractivity (Wildman–Crippen MR) is 61.3 cm³/mol. The fourth-order valence-corrected chi connectivity index (χ4v) is 1.54. The van der Waals surface area contributed by atoms with Crippen molar-refractivity contribution in [2.75, 3.05) is 20.6 Å². The van der Waals surface area contributed by atoms with Gasteiger partial charge in [-0.15, -0.1) is 0 Å². The van der Waals surface area contributed by atoms with Crippen LogP contribution in [0.3, 0.4) is 0 Å². The average molecular weight is 210 g/mol. The summed E-state index contributed by atoms with van der Waals surface area (Å²) in [5, 5.41) is 3.29. The van der Waals surface area contributed by atoms with Crippen LogP contribution in [0.1, 0.15) is 12.5 Å². The van der Waals surface area contributed by atoms with Crippen LogP contribution < -0.4 is 5.32 Å². The zero-order valence-corrected chi connectivity index (χ0v) is 9.63. The fraction of sp³-hybridized carbons (Fsp3) is 0.500. The molecule has 2 nitrogen and oxygen atoms in total. The van der Waals surface area contributed by atoms with Gasteiger partial charge in [0.25, 0.3) is 0 Å². The molecular formula is C12H19FN2. The highest BCUT2D eigenvalue weighted by atomic mass is 19.1. The number of halogens is 1. The van der Waals surface area contributed by atoms with Crippen LogP contribution in [-0.4, -0.2) is 31.6 Å². The van der Waals surface area contributed by atoms with E-state index in [-0.39, 0.29) is 5.82 Å². The molecule has 0 heterocycles. The molecule has 15 heavy (non-hydrogen) atoms. The van der Waals surface area contributed by atoms with Crippen molar-refractivity contribution in [3.05, 3.63) is 35.6 Å². The summed E-state index contributed by atoms with van der Waals surface area (Å²) in [6.45, 7) is 3.64. The molecule has 1 rings (SSSR count). The van der Waals surface area contributed by atoms with Gasteiger partial charge in [-0.3, -0.25) is 0 Å². The Balaban J connectivity index is 2.40. The van der Waals surface area contributed by atoms with Gasteiger partial charge in [0.05, 0.1) is 0 Å². The lowest BCUT2D eigenvalue weighted by Gasteiger charge is -2.18. The largest absolute Gasteiger partial charge is 0.309 e. The zero-order valence-electron chi connectivity index (χ0n) is 9.63. The molecule has 1 N–H and O–H groups in total. The van der Waals surface area contributed by atoms with Crippen LogP contribution in [0.4, 0.5) is 4.39 Å². The van der Waals surface area contributed by atoms with Crippen molar-refractivity contribution in [2.45, 2.75) is 19.5 Å². The van der Waals surface area contributed by atoms with Crippen LogP contribution in [0, 0.1) is 5.82 Å². The van der Waals surface area contributed by atoms with E-state index in [1.54, 1.807) is 6.07 Å². The Bertz CT molecular complexity index is 299. The maximum atomic E-state index is 13.3. The van der Waals surface area contributed by atoms with E-state index in [1.807, 2.05) is 26.2 Å². The summed E-state index contributed by atoms with van der Waals surface area (Å²) in [6, 6.07) is 7.23. The SMILES string of the molecule is CC(CN(C)C)NCc1ccccc1F. The normalized spacial score (nSPS) is 13.1. The molecule has 0 aliphatic rings. The lowest BCUT2D eigenvalue weighted by atomic mass is 10.2. The minimum absolute atomic E-state index is 0.137. The van der Waals surface area contributed by atoms with Gasteiger partial charge in [-0.05, 0) is 27.1 Å². The van der Waals surface area contributed by atoms with E-state index in [0.717, 1.165) is 12.1 Å². The molecule has 1 atom stereocenters. The first kappa shape index (κ1) is 12.1. The van der Waals surface area contributed by atoms with E-state index in [2.05, 4.69) is 17.1 Å². The maximum absolute atomic E-state index is 13.3. The van der Waals surface area contributed by atoms with Gasteiger partial charge in [0.15, 0.2) is 0 Å². The Kier molecular flexibility index (Phi) is 4.72. The second-order valence-electron chi connectivity index (χ2n) is 4.14. The summed E-state index contributed by atoms with van der Waals surface area (Å²) < 4.78 is 13.3. The number of likely N-dealkylation sites (N-methyl/N-ethyl adjacent to an activating group) is 1. The smallest absolute Gasteiger partial charge is 0.127 e. The number of nitrogens with zero attached hydrogens (tertiary/aromatic N) is 1. The van der Waals surface area contributed by atoms with Crippen LogP contribution in [0.2, 0.25) is 0 Å². The van der Waals surface area contributed by atoms with E-state index >= 15 is 0 Å². The molecule has 3 heteroatoms. The van der Waals surface area contributed by atoms with Gasteiger partial charge in [-0.25, -0.2) is 4.39 Å². The highest BCUT2D eigenvalue weighted by Crippen LogP contribution is 2.05. The summed E-state index contributed by atoms with van der Waals surface area (Å²) >= 11 is 0. The lowest BCUT2D eigenvalue weighted by Crippen LogP contribution is -2.35. The molecule has 0 spiro atoms. The van der Waals surface area contributed by atoms with Gasteiger partial charge in [0.1, 0.15) is 5.82 Å². The van der Waals surface area contributed by atoms with Crippen molar-refractivity contribution in [1.82, 2.24) is 10.2 Å². The Labute approximate surface area is 91.1 Å². The molecule has 0 aliphatic heterocycles. The molecule has 1 aromatic rings. The first-order valence-electron chi connectivity index (χ1n) is 5.21. The molecule has 0 aliphatic carbocycles. The maximum Gasteiger partial charge on any atom is 0.127 e. The Morgan fingerprint density at radius 2 is 2.00 bits per heavy atom. The molecule has 0 saturated heterocycles. The van der Waals surface area contributed by atoms with E-state index < -0.39 is 0 Å². The first-order chi connectivity index (χ1) is 7.09. The van der Waals surface area contributed by atoms with Crippen LogP contribution >= 0.6 is 0 Å². The van der Waals surface area contributed by atoms with E-state index in [1.165, 1.54) is 6.07 Å². The molecular weight excluding hydrogens is 191 g/mol. The molecule has 0 fully saturated rings. The summed E-state index contributed by atoms with van der Waals surface area (Å²) in [7, 11) is 4.06. The third-order valence-corrected chi connectivity index (χ3v) is 2.24. The number of hydrogen-bond acceptors (Lipinski definition) is 2. The second-order valence-corrected chi connectivity index (χ2v) is 4.14. The van der Waals surface area contributed by atoms with Crippen molar-refractivity contribution in [1.29, 1.82) is 0 Å². The van der Waals surface area contributed by atoms with Crippen LogP contribution in [0.5, 0.6) is 0 Å². The third-order valence-electron chi connectivity index (χ3n) is 2.24. The standard InChI is InChI=1S/C12H19FN2/c1-10(9-15(2)3)14-8-11-6-4-5-7-12(11)13/h4-7,10,14H,8-9H2,1-3H3. The molecule has 84 valence electrons. The highest BCUT2D eigenvalue weighted by molar-refractivity contribution is 5.16. The Morgan fingerprint density at radius 1 is 1.33 bits per heavy atom. The Morgan fingerprint density at radius 3 is 2.60 bits per heavy atom. The van der Waals surface area contributed by atoms with Gasteiger partial charge in [0.2, 0.25) is 0 Å². The van der Waals surface area contributed by atoms with E-state index in [9.17, 15) is 4.39 Å². The van der Waals surface area contributed by atoms with E-state index in [0.29, 0.717) is 12.6 Å². The van der Waals surface area contributed by atoms with Gasteiger partial charge in [-0.2, -0.15) is 0 Å². The molecule has 0 radical (unpaired) electrons. The Hall–Kier alpha value is -0.930. The number of nitrogens with one attached hydrogen (secondary N) is 1. The van der Waals surface area contributed by atoms with Crippen molar-refractivity contribution < 1.29 is 4.39 Å². The summed E-state index contributed by atoms with van der Waals surface area (Å²) in [5.41, 5.74) is 0.725. The van der Waals surface area contributed by atoms with Crippen molar-refractivity contribution in [2.24, 2.45) is 0 Å². The minimum Gasteiger partial charge on any atom is -0.309 e. The number of hydrogen-bond donors (Lipinski definition) is 1. The lowest BCUT2D eigenvalue weighted by molar-refractivity contribution is 0.348. The molecule has 1 unspecified atom stereocenters. The quantitative estimate of drug-likeness (QED) is 0.798. The molecule has 0 aromatic heterocycles. The monoisotopic (exact) mass is 210 g/mol. The predicted octanol–water partition coefficient (Wildman–Crippen LogP) is 1.87. The summed E-state index contributed by atoms with van der Waals surface area (Å²) in [4.78, 5) is 2.11. The van der Waals surface area contributed by atoms with Crippen molar-refractivity contribution in [3.8, 4) is 0 Å². The molecule has 0 amide bonds. The number of rotatable bonds is 5. The molecule has 0 bridgehead atoms. The number of benzene rings is 1. The second kappa shape index (κ2) is 5.83. The van der Waals surface area contributed by atoms with Gasteiger partial charge in [-0.1, -0.05) is 18.2 Å². The fourth-order valence-electron chi connectivity index (χ4n) is 1.54. The summed E-state index contributed by atoms with van der Waals surface area (Å²) in [5.74, 6) is -0.137. The zero-order chi connectivity index (χ0) is 11.3. The van der Waals surface area contributed by atoms with Crippen molar-refractivity contribution >= 4 is 0 Å². The van der Waals surface area contributed by atoms with Crippen LogP contribution in [0.15, 0.2) is 24.3 Å². The van der Waals surface area contributed by atoms with E-state index in [4.69, 9.17) is 0 Å². The first-order valence-corrected chi connectivity index (χ1v) is 5.21. The van der Waals surface area contributed by atoms with Gasteiger partial charge in [0, 0.05) is 24.7 Å². The summed E-state index contributed by atoms with van der Waals surface area (Å²) in [6.07, 6.45) is 0. The molecule has 1 aromatic carbocycles. The topological polar surface area (TPSA) is 15.3 Å². The van der Waals surface area contributed by atoms with Gasteiger partial charge < -0.3 is 10.2 Å². The van der Waals surface area contributed by atoms with Crippen LogP contribution in [-0.2, 0) is 6.54 Å².